The molecule has 1 fully saturated rings. The van der Waals surface area contributed by atoms with Crippen molar-refractivity contribution in [2.75, 3.05) is 20.3 Å². The number of ether oxygens (including phenoxy) is 2. The topological polar surface area (TPSA) is 98.6 Å². The third kappa shape index (κ3) is 4.20. The van der Waals surface area contributed by atoms with E-state index >= 15 is 0 Å². The van der Waals surface area contributed by atoms with Gasteiger partial charge in [0.05, 0.1) is 29.9 Å². The quantitative estimate of drug-likeness (QED) is 0.570. The summed E-state index contributed by atoms with van der Waals surface area (Å²) in [5.41, 5.74) is 3.75. The number of piperidine rings is 1. The van der Waals surface area contributed by atoms with Gasteiger partial charge in [0.25, 0.3) is 0 Å². The minimum absolute atomic E-state index is 0.0810. The zero-order chi connectivity index (χ0) is 22.7. The molecule has 0 bridgehead atoms. The number of aromatic nitrogens is 1. The maximum Gasteiger partial charge on any atom is 0.335 e. The monoisotopic (exact) mass is 433 g/mol. The minimum atomic E-state index is -0.929. The Balaban J connectivity index is 1.70. The fourth-order valence-corrected chi connectivity index (χ4v) is 4.66. The molecule has 2 heterocycles. The van der Waals surface area contributed by atoms with E-state index in [1.54, 1.807) is 25.3 Å². The van der Waals surface area contributed by atoms with Crippen molar-refractivity contribution >= 4 is 16.9 Å². The standard InChI is InChI=1S/C25H27N3O4/c1-3-32-19-9-11-28(22(13-19)16-4-6-17(7-5-16)25(29)30)15-21-20-8-10-27-24(20)18(14-26)12-23(21)31-2/h4-8,10,12,19,22,27H,3,9,11,13,15H2,1-2H3,(H,29,30)/t19-,22-/m0/s1. The Labute approximate surface area is 187 Å². The first-order valence-corrected chi connectivity index (χ1v) is 10.8. The van der Waals surface area contributed by atoms with Crippen LogP contribution in [-0.2, 0) is 11.3 Å². The first-order chi connectivity index (χ1) is 15.5. The van der Waals surface area contributed by atoms with E-state index in [9.17, 15) is 15.2 Å². The van der Waals surface area contributed by atoms with Crippen LogP contribution in [0.2, 0.25) is 0 Å². The number of carbonyl (C=O) groups is 1. The number of rotatable bonds is 7. The fraction of sp³-hybridized carbons (Fsp3) is 0.360. The molecule has 4 rings (SSSR count). The predicted octanol–water partition coefficient (Wildman–Crippen LogP) is 4.49. The SMILES string of the molecule is CCO[C@H]1CCN(Cc2c(OC)cc(C#N)c3[nH]ccc23)[C@H](c2ccc(C(=O)O)cc2)C1. The van der Waals surface area contributed by atoms with E-state index in [1.165, 1.54) is 0 Å². The Morgan fingerprint density at radius 3 is 2.75 bits per heavy atom. The van der Waals surface area contributed by atoms with E-state index in [0.29, 0.717) is 24.5 Å². The highest BCUT2D eigenvalue weighted by Gasteiger charge is 2.31. The molecule has 0 radical (unpaired) electrons. The average Bonchev–Trinajstić information content (AvgIpc) is 3.30. The lowest BCUT2D eigenvalue weighted by Crippen LogP contribution is -2.39. The third-order valence-electron chi connectivity index (χ3n) is 6.23. The highest BCUT2D eigenvalue weighted by molar-refractivity contribution is 5.90. The number of hydrogen-bond acceptors (Lipinski definition) is 5. The van der Waals surface area contributed by atoms with E-state index in [-0.39, 0.29) is 17.7 Å². The number of carboxylic acid groups (broad SMARTS) is 1. The summed E-state index contributed by atoms with van der Waals surface area (Å²) >= 11 is 0. The van der Waals surface area contributed by atoms with E-state index < -0.39 is 5.97 Å². The molecule has 0 unspecified atom stereocenters. The zero-order valence-electron chi connectivity index (χ0n) is 18.3. The molecule has 1 aliphatic rings. The Morgan fingerprint density at radius 1 is 1.31 bits per heavy atom. The molecule has 3 aromatic rings. The summed E-state index contributed by atoms with van der Waals surface area (Å²) in [6.45, 7) is 4.16. The summed E-state index contributed by atoms with van der Waals surface area (Å²) < 4.78 is 11.6. The van der Waals surface area contributed by atoms with Crippen molar-refractivity contribution < 1.29 is 19.4 Å². The third-order valence-corrected chi connectivity index (χ3v) is 6.23. The molecular weight excluding hydrogens is 406 g/mol. The van der Waals surface area contributed by atoms with E-state index in [1.807, 2.05) is 31.3 Å². The van der Waals surface area contributed by atoms with Crippen molar-refractivity contribution in [2.45, 2.75) is 38.5 Å². The second-order valence-corrected chi connectivity index (χ2v) is 8.00. The van der Waals surface area contributed by atoms with Gasteiger partial charge in [0.1, 0.15) is 11.8 Å². The summed E-state index contributed by atoms with van der Waals surface area (Å²) in [5, 5.41) is 19.8. The molecule has 0 amide bonds. The number of nitriles is 1. The summed E-state index contributed by atoms with van der Waals surface area (Å²) in [5.74, 6) is -0.234. The summed E-state index contributed by atoms with van der Waals surface area (Å²) in [4.78, 5) is 16.9. The van der Waals surface area contributed by atoms with Gasteiger partial charge in [0.15, 0.2) is 0 Å². The number of hydrogen-bond donors (Lipinski definition) is 2. The van der Waals surface area contributed by atoms with Crippen LogP contribution in [0, 0.1) is 11.3 Å². The van der Waals surface area contributed by atoms with Crippen LogP contribution in [-0.4, -0.2) is 47.3 Å². The van der Waals surface area contributed by atoms with Crippen LogP contribution in [0.25, 0.3) is 10.9 Å². The molecule has 1 aliphatic heterocycles. The van der Waals surface area contributed by atoms with Crippen molar-refractivity contribution in [1.29, 1.82) is 5.26 Å². The van der Waals surface area contributed by atoms with Gasteiger partial charge in [0.2, 0.25) is 0 Å². The van der Waals surface area contributed by atoms with Crippen LogP contribution < -0.4 is 4.74 Å². The minimum Gasteiger partial charge on any atom is -0.496 e. The van der Waals surface area contributed by atoms with E-state index in [4.69, 9.17) is 9.47 Å². The number of methoxy groups -OCH3 is 1. The number of nitrogens with one attached hydrogen (secondary N) is 1. The summed E-state index contributed by atoms with van der Waals surface area (Å²) in [6, 6.07) is 13.2. The number of H-pyrrole nitrogens is 1. The molecule has 0 saturated carbocycles. The molecule has 2 atom stereocenters. The van der Waals surface area contributed by atoms with Gasteiger partial charge in [-0.1, -0.05) is 12.1 Å². The lowest BCUT2D eigenvalue weighted by Gasteiger charge is -2.40. The molecule has 7 heteroatoms. The van der Waals surface area contributed by atoms with Crippen LogP contribution in [0.4, 0.5) is 0 Å². The van der Waals surface area contributed by atoms with Crippen molar-refractivity contribution in [3.63, 3.8) is 0 Å². The summed E-state index contributed by atoms with van der Waals surface area (Å²) in [6.07, 6.45) is 3.76. The molecule has 32 heavy (non-hydrogen) atoms. The first kappa shape index (κ1) is 21.9. The Bertz CT molecular complexity index is 1150. The number of carboxylic acids is 1. The Kier molecular flexibility index (Phi) is 6.45. The highest BCUT2D eigenvalue weighted by Crippen LogP contribution is 2.38. The van der Waals surface area contributed by atoms with Crippen LogP contribution in [0.1, 0.15) is 52.9 Å². The number of nitrogens with zero attached hydrogens (tertiary/aromatic N) is 2. The Hall–Kier alpha value is -3.34. The van der Waals surface area contributed by atoms with Crippen LogP contribution in [0.15, 0.2) is 42.6 Å². The number of likely N-dealkylation sites (tertiary alicyclic amines) is 1. The van der Waals surface area contributed by atoms with E-state index in [2.05, 4.69) is 16.0 Å². The van der Waals surface area contributed by atoms with Crippen molar-refractivity contribution in [3.8, 4) is 11.8 Å². The van der Waals surface area contributed by atoms with Gasteiger partial charge in [-0.15, -0.1) is 0 Å². The maximum absolute atomic E-state index is 11.3. The predicted molar refractivity (Wildman–Crippen MR) is 121 cm³/mol. The van der Waals surface area contributed by atoms with Crippen LogP contribution >= 0.6 is 0 Å². The highest BCUT2D eigenvalue weighted by atomic mass is 16.5. The van der Waals surface area contributed by atoms with Gasteiger partial charge in [0, 0.05) is 49.0 Å². The molecule has 0 aliphatic carbocycles. The molecule has 0 spiro atoms. The van der Waals surface area contributed by atoms with Gasteiger partial charge in [-0.25, -0.2) is 4.79 Å². The van der Waals surface area contributed by atoms with Gasteiger partial charge in [-0.05, 0) is 43.5 Å². The number of fused-ring (bicyclic) bond motifs is 1. The average molecular weight is 434 g/mol. The number of aromatic carboxylic acids is 1. The Morgan fingerprint density at radius 2 is 2.09 bits per heavy atom. The molecule has 166 valence electrons. The lowest BCUT2D eigenvalue weighted by atomic mass is 9.91. The van der Waals surface area contributed by atoms with Gasteiger partial charge >= 0.3 is 5.97 Å². The number of aromatic amines is 1. The van der Waals surface area contributed by atoms with E-state index in [0.717, 1.165) is 41.4 Å². The molecule has 2 aromatic carbocycles. The maximum atomic E-state index is 11.3. The van der Waals surface area contributed by atoms with Gasteiger partial charge < -0.3 is 19.6 Å². The smallest absolute Gasteiger partial charge is 0.335 e. The van der Waals surface area contributed by atoms with Crippen LogP contribution in [0.3, 0.4) is 0 Å². The van der Waals surface area contributed by atoms with Gasteiger partial charge in [-0.3, -0.25) is 4.90 Å². The molecule has 7 nitrogen and oxygen atoms in total. The molecule has 2 N–H and O–H groups in total. The second kappa shape index (κ2) is 9.43. The molecule has 1 saturated heterocycles. The normalized spacial score (nSPS) is 19.0. The van der Waals surface area contributed by atoms with Crippen LogP contribution in [0.5, 0.6) is 5.75 Å². The first-order valence-electron chi connectivity index (χ1n) is 10.8. The van der Waals surface area contributed by atoms with Crippen molar-refractivity contribution in [3.05, 3.63) is 64.8 Å². The second-order valence-electron chi connectivity index (χ2n) is 8.00. The lowest BCUT2D eigenvalue weighted by molar-refractivity contribution is -0.0138. The fourth-order valence-electron chi connectivity index (χ4n) is 4.66. The zero-order valence-corrected chi connectivity index (χ0v) is 18.3. The van der Waals surface area contributed by atoms with Gasteiger partial charge in [-0.2, -0.15) is 5.26 Å². The largest absolute Gasteiger partial charge is 0.496 e. The molecule has 1 aromatic heterocycles. The van der Waals surface area contributed by atoms with Crippen molar-refractivity contribution in [2.24, 2.45) is 0 Å². The summed E-state index contributed by atoms with van der Waals surface area (Å²) in [7, 11) is 1.63. The number of benzene rings is 2. The van der Waals surface area contributed by atoms with Crippen molar-refractivity contribution in [1.82, 2.24) is 9.88 Å². The molecular formula is C25H27N3O4.